The Kier molecular flexibility index (Phi) is 10.7. The number of hydrogen-bond acceptors (Lipinski definition) is 4. The molecule has 1 rings (SSSR count). The van der Waals surface area contributed by atoms with Crippen LogP contribution in [0.3, 0.4) is 0 Å². The number of nitrogens with zero attached hydrogens (tertiary/aromatic N) is 3. The highest BCUT2D eigenvalue weighted by Gasteiger charge is 2.24. The van der Waals surface area contributed by atoms with E-state index in [1.165, 1.54) is 5.56 Å². The normalized spacial score (nSPS) is 12.2. The van der Waals surface area contributed by atoms with Gasteiger partial charge in [0.05, 0.1) is 18.3 Å². The third-order valence-corrected chi connectivity index (χ3v) is 3.28. The van der Waals surface area contributed by atoms with E-state index in [0.717, 1.165) is 25.5 Å². The third-order valence-electron chi connectivity index (χ3n) is 3.28. The smallest absolute Gasteiger partial charge is 0.408 e. The summed E-state index contributed by atoms with van der Waals surface area (Å²) in [5, 5.41) is 13.5. The molecule has 0 spiro atoms. The van der Waals surface area contributed by atoms with Crippen LogP contribution in [0.1, 0.15) is 47.1 Å². The highest BCUT2D eigenvalue weighted by molar-refractivity contribution is 14.0. The van der Waals surface area contributed by atoms with Gasteiger partial charge in [-0.3, -0.25) is 9.67 Å². The van der Waals surface area contributed by atoms with E-state index in [1.54, 1.807) is 4.68 Å². The minimum absolute atomic E-state index is 0. The lowest BCUT2D eigenvalue weighted by Crippen LogP contribution is -2.49. The number of guanidine groups is 1. The highest BCUT2D eigenvalue weighted by Crippen LogP contribution is 2.09. The maximum absolute atomic E-state index is 12.0. The third kappa shape index (κ3) is 11.7. The number of nitrogens with one attached hydrogen (secondary N) is 3. The molecule has 1 amide bonds. The van der Waals surface area contributed by atoms with Crippen LogP contribution in [0.4, 0.5) is 4.79 Å². The molecule has 0 saturated carbocycles. The Hall–Kier alpha value is -1.52. The fourth-order valence-corrected chi connectivity index (χ4v) is 2.16. The van der Waals surface area contributed by atoms with E-state index in [-0.39, 0.29) is 24.0 Å². The van der Waals surface area contributed by atoms with Crippen LogP contribution in [-0.2, 0) is 18.2 Å². The molecule has 3 N–H and O–H groups in total. The molecule has 1 aromatic rings. The standard InChI is InChI=1S/C18H34N6O2.HI/c1-8-19-15(20-10-9-14-11-22-24(7)12-14)21-13-18(5,6)23-16(25)26-17(2,3)4;/h11-12H,8-10,13H2,1-7H3,(H,23,25)(H2,19,20,21);1H. The largest absolute Gasteiger partial charge is 0.444 e. The van der Waals surface area contributed by atoms with E-state index in [9.17, 15) is 4.79 Å². The van der Waals surface area contributed by atoms with Gasteiger partial charge >= 0.3 is 6.09 Å². The van der Waals surface area contributed by atoms with Crippen molar-refractivity contribution in [1.29, 1.82) is 0 Å². The van der Waals surface area contributed by atoms with E-state index in [1.807, 2.05) is 61.0 Å². The molecular formula is C18H35IN6O2. The molecule has 1 heterocycles. The SMILES string of the molecule is CCNC(=NCC(C)(C)NC(=O)OC(C)(C)C)NCCc1cnn(C)c1.I. The molecule has 9 heteroatoms. The van der Waals surface area contributed by atoms with Gasteiger partial charge in [0.2, 0.25) is 0 Å². The van der Waals surface area contributed by atoms with Crippen molar-refractivity contribution in [3.8, 4) is 0 Å². The summed E-state index contributed by atoms with van der Waals surface area (Å²) >= 11 is 0. The zero-order valence-corrected chi connectivity index (χ0v) is 19.9. The van der Waals surface area contributed by atoms with Gasteiger partial charge in [0, 0.05) is 26.3 Å². The Morgan fingerprint density at radius 2 is 1.93 bits per heavy atom. The number of alkyl carbamates (subject to hydrolysis) is 1. The van der Waals surface area contributed by atoms with Gasteiger partial charge in [0.1, 0.15) is 5.60 Å². The molecule has 156 valence electrons. The second-order valence-electron chi connectivity index (χ2n) is 7.90. The number of carbonyl (C=O) groups is 1. The Morgan fingerprint density at radius 3 is 2.44 bits per heavy atom. The van der Waals surface area contributed by atoms with Crippen molar-refractivity contribution < 1.29 is 9.53 Å². The van der Waals surface area contributed by atoms with Gasteiger partial charge in [0.25, 0.3) is 0 Å². The van der Waals surface area contributed by atoms with Crippen LogP contribution >= 0.6 is 24.0 Å². The summed E-state index contributed by atoms with van der Waals surface area (Å²) in [5.41, 5.74) is 0.128. The molecule has 27 heavy (non-hydrogen) atoms. The molecule has 0 atom stereocenters. The number of carbonyl (C=O) groups excluding carboxylic acids is 1. The fourth-order valence-electron chi connectivity index (χ4n) is 2.16. The lowest BCUT2D eigenvalue weighted by atomic mass is 10.1. The average Bonchev–Trinajstić information content (AvgIpc) is 2.87. The summed E-state index contributed by atoms with van der Waals surface area (Å²) in [6.07, 6.45) is 4.28. The van der Waals surface area contributed by atoms with Crippen molar-refractivity contribution in [1.82, 2.24) is 25.7 Å². The summed E-state index contributed by atoms with van der Waals surface area (Å²) in [6, 6.07) is 0. The number of aromatic nitrogens is 2. The monoisotopic (exact) mass is 494 g/mol. The number of aryl methyl sites for hydroxylation is 1. The van der Waals surface area contributed by atoms with Crippen molar-refractivity contribution in [3.63, 3.8) is 0 Å². The molecule has 0 aliphatic carbocycles. The first kappa shape index (κ1) is 25.5. The quantitative estimate of drug-likeness (QED) is 0.308. The predicted molar refractivity (Wildman–Crippen MR) is 120 cm³/mol. The van der Waals surface area contributed by atoms with E-state index in [0.29, 0.717) is 6.54 Å². The molecule has 0 saturated heterocycles. The summed E-state index contributed by atoms with van der Waals surface area (Å²) in [5.74, 6) is 0.718. The first-order chi connectivity index (χ1) is 12.0. The minimum atomic E-state index is -0.522. The molecule has 0 aromatic carbocycles. The number of ether oxygens (including phenoxy) is 1. The van der Waals surface area contributed by atoms with Gasteiger partial charge < -0.3 is 20.7 Å². The van der Waals surface area contributed by atoms with Crippen LogP contribution in [0.5, 0.6) is 0 Å². The van der Waals surface area contributed by atoms with Crippen molar-refractivity contribution in [3.05, 3.63) is 18.0 Å². The van der Waals surface area contributed by atoms with Crippen molar-refractivity contribution in [2.75, 3.05) is 19.6 Å². The Bertz CT molecular complexity index is 607. The molecule has 1 aromatic heterocycles. The lowest BCUT2D eigenvalue weighted by Gasteiger charge is -2.27. The molecule has 8 nitrogen and oxygen atoms in total. The lowest BCUT2D eigenvalue weighted by molar-refractivity contribution is 0.0476. The van der Waals surface area contributed by atoms with Crippen LogP contribution in [0.25, 0.3) is 0 Å². The van der Waals surface area contributed by atoms with Gasteiger partial charge in [-0.2, -0.15) is 5.10 Å². The second kappa shape index (κ2) is 11.4. The first-order valence-corrected chi connectivity index (χ1v) is 9.01. The van der Waals surface area contributed by atoms with Crippen molar-refractivity contribution in [2.24, 2.45) is 12.0 Å². The van der Waals surface area contributed by atoms with E-state index in [4.69, 9.17) is 4.74 Å². The molecule has 0 aliphatic rings. The topological polar surface area (TPSA) is 92.6 Å². The number of aliphatic imine (C=N–C) groups is 1. The van der Waals surface area contributed by atoms with Crippen LogP contribution < -0.4 is 16.0 Å². The average molecular weight is 494 g/mol. The Labute approximate surface area is 179 Å². The van der Waals surface area contributed by atoms with E-state index < -0.39 is 17.2 Å². The van der Waals surface area contributed by atoms with Crippen LogP contribution in [0.2, 0.25) is 0 Å². The van der Waals surface area contributed by atoms with Crippen molar-refractivity contribution >= 4 is 36.0 Å². The van der Waals surface area contributed by atoms with Gasteiger partial charge in [-0.25, -0.2) is 4.79 Å². The van der Waals surface area contributed by atoms with E-state index in [2.05, 4.69) is 26.0 Å². The summed E-state index contributed by atoms with van der Waals surface area (Å²) < 4.78 is 7.10. The van der Waals surface area contributed by atoms with Gasteiger partial charge in [-0.1, -0.05) is 0 Å². The molecule has 0 fully saturated rings. The summed E-state index contributed by atoms with van der Waals surface area (Å²) in [4.78, 5) is 16.5. The van der Waals surface area contributed by atoms with Crippen LogP contribution in [0.15, 0.2) is 17.4 Å². The zero-order chi connectivity index (χ0) is 19.8. The Morgan fingerprint density at radius 1 is 1.26 bits per heavy atom. The zero-order valence-electron chi connectivity index (χ0n) is 17.5. The molecule has 0 unspecified atom stereocenters. The van der Waals surface area contributed by atoms with Crippen molar-refractivity contribution in [2.45, 2.75) is 59.1 Å². The van der Waals surface area contributed by atoms with Gasteiger partial charge in [-0.15, -0.1) is 24.0 Å². The first-order valence-electron chi connectivity index (χ1n) is 9.01. The molecular weight excluding hydrogens is 459 g/mol. The molecule has 0 aliphatic heterocycles. The van der Waals surface area contributed by atoms with Crippen LogP contribution in [-0.4, -0.2) is 52.6 Å². The summed E-state index contributed by atoms with van der Waals surface area (Å²) in [6.45, 7) is 13.3. The Balaban J connectivity index is 0.00000676. The number of hydrogen-bond donors (Lipinski definition) is 3. The van der Waals surface area contributed by atoms with Gasteiger partial charge in [0.15, 0.2) is 5.96 Å². The second-order valence-corrected chi connectivity index (χ2v) is 7.90. The number of amides is 1. The predicted octanol–water partition coefficient (Wildman–Crippen LogP) is 2.44. The maximum Gasteiger partial charge on any atom is 0.408 e. The summed E-state index contributed by atoms with van der Waals surface area (Å²) in [7, 11) is 1.90. The highest BCUT2D eigenvalue weighted by atomic mass is 127. The fraction of sp³-hybridized carbons (Fsp3) is 0.722. The minimum Gasteiger partial charge on any atom is -0.444 e. The van der Waals surface area contributed by atoms with Gasteiger partial charge in [-0.05, 0) is 53.5 Å². The number of halogens is 1. The maximum atomic E-state index is 12.0. The van der Waals surface area contributed by atoms with E-state index >= 15 is 0 Å². The molecule has 0 radical (unpaired) electrons. The van der Waals surface area contributed by atoms with Crippen LogP contribution in [0, 0.1) is 0 Å². The number of rotatable bonds is 7. The molecule has 0 bridgehead atoms.